The van der Waals surface area contributed by atoms with Crippen LogP contribution in [0.25, 0.3) is 11.1 Å². The molecule has 1 heterocycles. The Hall–Kier alpha value is -2.34. The van der Waals surface area contributed by atoms with Crippen LogP contribution in [0.3, 0.4) is 0 Å². The van der Waals surface area contributed by atoms with Crippen molar-refractivity contribution >= 4 is 0 Å². The topological polar surface area (TPSA) is 56.6 Å². The number of pyridine rings is 1. The average Bonchev–Trinajstić information content (AvgIpc) is 2.30. The molecule has 0 bridgehead atoms. The highest BCUT2D eigenvalue weighted by atomic mass is 16.1. The number of nitrogens with one attached hydrogen (secondary N) is 1. The summed E-state index contributed by atoms with van der Waals surface area (Å²) in [6.07, 6.45) is 1.96. The molecule has 2 rings (SSSR count). The molecule has 3 heteroatoms. The normalized spacial score (nSPS) is 9.69. The van der Waals surface area contributed by atoms with Gasteiger partial charge in [-0.2, -0.15) is 5.26 Å². The van der Waals surface area contributed by atoms with Crippen molar-refractivity contribution < 1.29 is 0 Å². The summed E-state index contributed by atoms with van der Waals surface area (Å²) >= 11 is 0. The summed E-state index contributed by atoms with van der Waals surface area (Å²) in [4.78, 5) is 14.2. The highest BCUT2D eigenvalue weighted by Crippen LogP contribution is 2.16. The summed E-state index contributed by atoms with van der Waals surface area (Å²) in [5.41, 5.74) is 2.27. The Bertz CT molecular complexity index is 593. The summed E-state index contributed by atoms with van der Waals surface area (Å²) in [5, 5.41) is 8.62. The molecule has 1 N–H and O–H groups in total. The quantitative estimate of drug-likeness (QED) is 0.825. The Labute approximate surface area is 93.0 Å². The molecule has 0 fully saturated rings. The zero-order valence-corrected chi connectivity index (χ0v) is 8.60. The Balaban J connectivity index is 2.50. The van der Waals surface area contributed by atoms with Crippen molar-refractivity contribution in [3.63, 3.8) is 0 Å². The third-order valence-electron chi connectivity index (χ3n) is 2.34. The van der Waals surface area contributed by atoms with E-state index in [4.69, 9.17) is 5.26 Å². The van der Waals surface area contributed by atoms with Crippen LogP contribution in [-0.4, -0.2) is 4.98 Å². The van der Waals surface area contributed by atoms with Crippen LogP contribution in [-0.2, 0) is 6.42 Å². The molecule has 0 atom stereocenters. The fourth-order valence-electron chi connectivity index (χ4n) is 1.59. The van der Waals surface area contributed by atoms with Crippen LogP contribution in [0, 0.1) is 11.3 Å². The van der Waals surface area contributed by atoms with Gasteiger partial charge < -0.3 is 4.98 Å². The van der Waals surface area contributed by atoms with E-state index in [0.29, 0.717) is 12.0 Å². The molecule has 0 aliphatic carbocycles. The first-order valence-corrected chi connectivity index (χ1v) is 4.95. The molecular weight excluding hydrogens is 200 g/mol. The number of H-pyrrole nitrogens is 1. The van der Waals surface area contributed by atoms with E-state index in [1.54, 1.807) is 18.3 Å². The maximum absolute atomic E-state index is 11.6. The first-order chi connectivity index (χ1) is 7.81. The SMILES string of the molecule is N#CCc1cccc(-c2ccc[nH]c2=O)c1. The minimum absolute atomic E-state index is 0.114. The number of hydrogen-bond donors (Lipinski definition) is 1. The van der Waals surface area contributed by atoms with Crippen LogP contribution in [0.2, 0.25) is 0 Å². The number of nitriles is 1. The van der Waals surface area contributed by atoms with Crippen molar-refractivity contribution in [1.29, 1.82) is 5.26 Å². The van der Waals surface area contributed by atoms with Crippen molar-refractivity contribution in [2.45, 2.75) is 6.42 Å². The summed E-state index contributed by atoms with van der Waals surface area (Å²) in [6.45, 7) is 0. The molecule has 1 aromatic carbocycles. The second kappa shape index (κ2) is 4.45. The third kappa shape index (κ3) is 2.01. The molecular formula is C13H10N2O. The van der Waals surface area contributed by atoms with E-state index in [1.165, 1.54) is 0 Å². The number of benzene rings is 1. The summed E-state index contributed by atoms with van der Waals surface area (Å²) < 4.78 is 0. The lowest BCUT2D eigenvalue weighted by Crippen LogP contribution is -2.06. The molecule has 0 unspecified atom stereocenters. The van der Waals surface area contributed by atoms with Gasteiger partial charge in [-0.1, -0.05) is 18.2 Å². The van der Waals surface area contributed by atoms with Gasteiger partial charge >= 0.3 is 0 Å². The van der Waals surface area contributed by atoms with Gasteiger partial charge in [-0.15, -0.1) is 0 Å². The standard InChI is InChI=1S/C13H10N2O/c14-7-6-10-3-1-4-11(9-10)12-5-2-8-15-13(12)16/h1-5,8-9H,6H2,(H,15,16). The molecule has 2 aromatic rings. The molecule has 16 heavy (non-hydrogen) atoms. The van der Waals surface area contributed by atoms with Gasteiger partial charge in [-0.25, -0.2) is 0 Å². The zero-order chi connectivity index (χ0) is 11.4. The molecule has 0 saturated carbocycles. The van der Waals surface area contributed by atoms with Gasteiger partial charge in [-0.3, -0.25) is 4.79 Å². The maximum Gasteiger partial charge on any atom is 0.255 e. The van der Waals surface area contributed by atoms with E-state index in [-0.39, 0.29) is 5.56 Å². The van der Waals surface area contributed by atoms with Crippen LogP contribution in [0.1, 0.15) is 5.56 Å². The van der Waals surface area contributed by atoms with Crippen LogP contribution in [0.5, 0.6) is 0 Å². The summed E-state index contributed by atoms with van der Waals surface area (Å²) in [5.74, 6) is 0. The Morgan fingerprint density at radius 3 is 2.88 bits per heavy atom. The number of aromatic nitrogens is 1. The van der Waals surface area contributed by atoms with Gasteiger partial charge in [0.05, 0.1) is 12.5 Å². The lowest BCUT2D eigenvalue weighted by Gasteiger charge is -2.01. The van der Waals surface area contributed by atoms with Crippen molar-refractivity contribution in [3.8, 4) is 17.2 Å². The highest BCUT2D eigenvalue weighted by Gasteiger charge is 2.02. The monoisotopic (exact) mass is 210 g/mol. The smallest absolute Gasteiger partial charge is 0.255 e. The third-order valence-corrected chi connectivity index (χ3v) is 2.34. The summed E-state index contributed by atoms with van der Waals surface area (Å²) in [7, 11) is 0. The Morgan fingerprint density at radius 2 is 2.12 bits per heavy atom. The molecule has 1 aromatic heterocycles. The second-order valence-corrected chi connectivity index (χ2v) is 3.45. The lowest BCUT2D eigenvalue weighted by atomic mass is 10.0. The Morgan fingerprint density at radius 1 is 1.25 bits per heavy atom. The van der Waals surface area contributed by atoms with E-state index in [1.807, 2.05) is 24.3 Å². The molecule has 0 saturated heterocycles. The van der Waals surface area contributed by atoms with Crippen LogP contribution in [0.4, 0.5) is 0 Å². The molecule has 0 radical (unpaired) electrons. The predicted molar refractivity (Wildman–Crippen MR) is 61.8 cm³/mol. The van der Waals surface area contributed by atoms with Crippen molar-refractivity contribution in [3.05, 3.63) is 58.5 Å². The number of aromatic amines is 1. The number of hydrogen-bond acceptors (Lipinski definition) is 2. The second-order valence-electron chi connectivity index (χ2n) is 3.45. The van der Waals surface area contributed by atoms with Gasteiger partial charge in [-0.05, 0) is 29.3 Å². The van der Waals surface area contributed by atoms with Crippen molar-refractivity contribution in [2.75, 3.05) is 0 Å². The number of rotatable bonds is 2. The Kier molecular flexibility index (Phi) is 2.84. The fraction of sp³-hybridized carbons (Fsp3) is 0.0769. The van der Waals surface area contributed by atoms with Crippen LogP contribution < -0.4 is 5.56 Å². The summed E-state index contributed by atoms with van der Waals surface area (Å²) in [6, 6.07) is 13.1. The molecule has 3 nitrogen and oxygen atoms in total. The fourth-order valence-corrected chi connectivity index (χ4v) is 1.59. The van der Waals surface area contributed by atoms with E-state index >= 15 is 0 Å². The van der Waals surface area contributed by atoms with Crippen LogP contribution >= 0.6 is 0 Å². The van der Waals surface area contributed by atoms with Gasteiger partial charge in [0.15, 0.2) is 0 Å². The van der Waals surface area contributed by atoms with Gasteiger partial charge in [0.25, 0.3) is 5.56 Å². The van der Waals surface area contributed by atoms with Gasteiger partial charge in [0, 0.05) is 11.8 Å². The molecule has 0 aliphatic rings. The molecule has 0 spiro atoms. The highest BCUT2D eigenvalue weighted by molar-refractivity contribution is 5.63. The lowest BCUT2D eigenvalue weighted by molar-refractivity contribution is 1.23. The van der Waals surface area contributed by atoms with Crippen LogP contribution in [0.15, 0.2) is 47.4 Å². The zero-order valence-electron chi connectivity index (χ0n) is 8.60. The molecule has 78 valence electrons. The van der Waals surface area contributed by atoms with Gasteiger partial charge in [0.2, 0.25) is 0 Å². The van der Waals surface area contributed by atoms with Gasteiger partial charge in [0.1, 0.15) is 0 Å². The van der Waals surface area contributed by atoms with Crippen molar-refractivity contribution in [2.24, 2.45) is 0 Å². The predicted octanol–water partition coefficient (Wildman–Crippen LogP) is 2.11. The minimum atomic E-state index is -0.114. The molecule has 0 aliphatic heterocycles. The minimum Gasteiger partial charge on any atom is -0.329 e. The van der Waals surface area contributed by atoms with E-state index in [2.05, 4.69) is 11.1 Å². The maximum atomic E-state index is 11.6. The number of nitrogens with zero attached hydrogens (tertiary/aromatic N) is 1. The average molecular weight is 210 g/mol. The first-order valence-electron chi connectivity index (χ1n) is 4.95. The first kappa shape index (κ1) is 10.2. The van der Waals surface area contributed by atoms with E-state index in [9.17, 15) is 4.79 Å². The molecule has 0 amide bonds. The van der Waals surface area contributed by atoms with Crippen molar-refractivity contribution in [1.82, 2.24) is 4.98 Å². The van der Waals surface area contributed by atoms with E-state index < -0.39 is 0 Å². The van der Waals surface area contributed by atoms with E-state index in [0.717, 1.165) is 11.1 Å². The largest absolute Gasteiger partial charge is 0.329 e.